The van der Waals surface area contributed by atoms with Crippen molar-refractivity contribution in [3.05, 3.63) is 90.0 Å². The van der Waals surface area contributed by atoms with Gasteiger partial charge in [0, 0.05) is 37.1 Å². The fourth-order valence-electron chi connectivity index (χ4n) is 5.36. The Labute approximate surface area is 216 Å². The number of aryl methyl sites for hydroxylation is 1. The molecule has 1 saturated heterocycles. The maximum absolute atomic E-state index is 13.5. The van der Waals surface area contributed by atoms with Crippen molar-refractivity contribution >= 4 is 28.4 Å². The molecule has 0 aliphatic carbocycles. The third-order valence-electron chi connectivity index (χ3n) is 7.40. The van der Waals surface area contributed by atoms with Gasteiger partial charge in [0.05, 0.1) is 11.4 Å². The van der Waals surface area contributed by atoms with Crippen molar-refractivity contribution in [1.82, 2.24) is 24.5 Å². The normalized spacial score (nSPS) is 14.9. The Kier molecular flexibility index (Phi) is 6.04. The highest BCUT2D eigenvalue weighted by molar-refractivity contribution is 5.93. The van der Waals surface area contributed by atoms with Crippen LogP contribution in [0.25, 0.3) is 27.9 Å². The lowest BCUT2D eigenvalue weighted by molar-refractivity contribution is -0.133. The number of piperazine rings is 1. The van der Waals surface area contributed by atoms with Gasteiger partial charge in [-0.15, -0.1) is 10.2 Å². The quantitative estimate of drug-likeness (QED) is 0.343. The van der Waals surface area contributed by atoms with Gasteiger partial charge in [0.2, 0.25) is 11.9 Å². The van der Waals surface area contributed by atoms with E-state index in [0.717, 1.165) is 51.4 Å². The van der Waals surface area contributed by atoms with Crippen LogP contribution in [0.15, 0.2) is 78.9 Å². The lowest BCUT2D eigenvalue weighted by Crippen LogP contribution is -2.50. The van der Waals surface area contributed by atoms with Gasteiger partial charge >= 0.3 is 0 Å². The molecule has 6 rings (SSSR count). The molecule has 0 N–H and O–H groups in total. The number of amides is 1. The van der Waals surface area contributed by atoms with Crippen LogP contribution in [-0.2, 0) is 4.79 Å². The zero-order valence-electron chi connectivity index (χ0n) is 21.2. The van der Waals surface area contributed by atoms with Crippen LogP contribution < -0.4 is 4.90 Å². The Balaban J connectivity index is 1.35. The molecule has 0 spiro atoms. The number of carbonyl (C=O) groups excluding carboxylic acids is 1. The number of nitrogens with zero attached hydrogens (tertiary/aromatic N) is 6. The van der Waals surface area contributed by atoms with Gasteiger partial charge in [-0.2, -0.15) is 0 Å². The number of para-hydroxylation sites is 1. The first kappa shape index (κ1) is 23.2. The molecular formula is C30H30N6O. The number of fused-ring (bicyclic) bond motifs is 3. The lowest BCUT2D eigenvalue weighted by atomic mass is 9.95. The Morgan fingerprint density at radius 1 is 0.865 bits per heavy atom. The fraction of sp³-hybridized carbons (Fsp3) is 0.267. The fourth-order valence-corrected chi connectivity index (χ4v) is 5.36. The summed E-state index contributed by atoms with van der Waals surface area (Å²) in [5.41, 5.74) is 4.95. The van der Waals surface area contributed by atoms with Crippen LogP contribution in [0.2, 0.25) is 0 Å². The highest BCUT2D eigenvalue weighted by atomic mass is 16.2. The summed E-state index contributed by atoms with van der Waals surface area (Å²) >= 11 is 0. The summed E-state index contributed by atoms with van der Waals surface area (Å²) in [6.45, 7) is 6.87. The molecule has 37 heavy (non-hydrogen) atoms. The summed E-state index contributed by atoms with van der Waals surface area (Å²) in [6, 6.07) is 26.4. The second kappa shape index (κ2) is 9.65. The molecule has 0 unspecified atom stereocenters. The SMILES string of the molecule is CC[C@H](C(=O)N1CCN(c2nc3ccccc3c3nnc(-c4ccccc4C)n23)CC1)c1ccccc1. The second-order valence-electron chi connectivity index (χ2n) is 9.61. The first-order chi connectivity index (χ1) is 18.2. The summed E-state index contributed by atoms with van der Waals surface area (Å²) in [4.78, 5) is 22.8. The van der Waals surface area contributed by atoms with Gasteiger partial charge in [0.25, 0.3) is 0 Å². The molecule has 7 heteroatoms. The molecule has 0 bridgehead atoms. The molecule has 3 heterocycles. The van der Waals surface area contributed by atoms with Crippen LogP contribution in [0.5, 0.6) is 0 Å². The van der Waals surface area contributed by atoms with Gasteiger partial charge in [-0.05, 0) is 36.6 Å². The molecule has 1 amide bonds. The zero-order chi connectivity index (χ0) is 25.4. The van der Waals surface area contributed by atoms with Crippen LogP contribution >= 0.6 is 0 Å². The predicted molar refractivity (Wildman–Crippen MR) is 147 cm³/mol. The number of rotatable bonds is 5. The molecule has 0 saturated carbocycles. The van der Waals surface area contributed by atoms with E-state index in [1.807, 2.05) is 59.5 Å². The van der Waals surface area contributed by atoms with Gasteiger partial charge in [0.1, 0.15) is 0 Å². The topological polar surface area (TPSA) is 66.6 Å². The molecule has 1 aliphatic heterocycles. The first-order valence-corrected chi connectivity index (χ1v) is 12.9. The maximum atomic E-state index is 13.5. The van der Waals surface area contributed by atoms with Crippen molar-refractivity contribution in [2.45, 2.75) is 26.2 Å². The number of hydrogen-bond donors (Lipinski definition) is 0. The summed E-state index contributed by atoms with van der Waals surface area (Å²) in [5, 5.41) is 10.2. The third-order valence-corrected chi connectivity index (χ3v) is 7.40. The van der Waals surface area contributed by atoms with Crippen LogP contribution in [-0.4, -0.2) is 56.6 Å². The van der Waals surface area contributed by atoms with Crippen molar-refractivity contribution in [3.8, 4) is 11.4 Å². The summed E-state index contributed by atoms with van der Waals surface area (Å²) in [7, 11) is 0. The van der Waals surface area contributed by atoms with Gasteiger partial charge in [-0.1, -0.05) is 73.7 Å². The third kappa shape index (κ3) is 4.10. The second-order valence-corrected chi connectivity index (χ2v) is 9.61. The van der Waals surface area contributed by atoms with E-state index in [0.29, 0.717) is 26.2 Å². The Hall–Kier alpha value is -4.26. The highest BCUT2D eigenvalue weighted by Gasteiger charge is 2.29. The summed E-state index contributed by atoms with van der Waals surface area (Å²) in [5.74, 6) is 1.70. The Bertz CT molecular complexity index is 1570. The van der Waals surface area contributed by atoms with Crippen LogP contribution in [0.1, 0.15) is 30.4 Å². The van der Waals surface area contributed by atoms with Gasteiger partial charge in [0.15, 0.2) is 11.5 Å². The van der Waals surface area contributed by atoms with E-state index in [2.05, 4.69) is 57.6 Å². The number of anilines is 1. The molecular weight excluding hydrogens is 460 g/mol. The van der Waals surface area contributed by atoms with Crippen molar-refractivity contribution in [2.75, 3.05) is 31.1 Å². The van der Waals surface area contributed by atoms with E-state index in [4.69, 9.17) is 4.98 Å². The first-order valence-electron chi connectivity index (χ1n) is 12.9. The Morgan fingerprint density at radius 3 is 2.32 bits per heavy atom. The largest absolute Gasteiger partial charge is 0.339 e. The molecule has 5 aromatic rings. The Morgan fingerprint density at radius 2 is 1.57 bits per heavy atom. The average molecular weight is 491 g/mol. The van der Waals surface area contributed by atoms with Crippen molar-refractivity contribution in [1.29, 1.82) is 0 Å². The number of carbonyl (C=O) groups is 1. The molecule has 7 nitrogen and oxygen atoms in total. The molecule has 0 radical (unpaired) electrons. The smallest absolute Gasteiger partial charge is 0.230 e. The molecule has 186 valence electrons. The van der Waals surface area contributed by atoms with E-state index < -0.39 is 0 Å². The van der Waals surface area contributed by atoms with E-state index in [-0.39, 0.29) is 11.8 Å². The molecule has 2 aromatic heterocycles. The van der Waals surface area contributed by atoms with E-state index in [9.17, 15) is 4.79 Å². The van der Waals surface area contributed by atoms with Crippen molar-refractivity contribution < 1.29 is 4.79 Å². The minimum atomic E-state index is -0.108. The zero-order valence-corrected chi connectivity index (χ0v) is 21.2. The molecule has 1 fully saturated rings. The van der Waals surface area contributed by atoms with Gasteiger partial charge in [-0.25, -0.2) is 9.38 Å². The monoisotopic (exact) mass is 490 g/mol. The number of aromatic nitrogens is 4. The summed E-state index contributed by atoms with van der Waals surface area (Å²) < 4.78 is 2.08. The van der Waals surface area contributed by atoms with Gasteiger partial charge < -0.3 is 9.80 Å². The van der Waals surface area contributed by atoms with Crippen LogP contribution in [0, 0.1) is 6.92 Å². The van der Waals surface area contributed by atoms with Crippen molar-refractivity contribution in [2.24, 2.45) is 0 Å². The molecule has 1 atom stereocenters. The van der Waals surface area contributed by atoms with Crippen LogP contribution in [0.4, 0.5) is 5.95 Å². The number of hydrogen-bond acceptors (Lipinski definition) is 5. The highest BCUT2D eigenvalue weighted by Crippen LogP contribution is 2.31. The minimum Gasteiger partial charge on any atom is -0.339 e. The maximum Gasteiger partial charge on any atom is 0.230 e. The van der Waals surface area contributed by atoms with Gasteiger partial charge in [-0.3, -0.25) is 4.79 Å². The van der Waals surface area contributed by atoms with Crippen LogP contribution in [0.3, 0.4) is 0 Å². The van der Waals surface area contributed by atoms with E-state index >= 15 is 0 Å². The van der Waals surface area contributed by atoms with E-state index in [1.54, 1.807) is 0 Å². The molecule has 3 aromatic carbocycles. The summed E-state index contributed by atoms with van der Waals surface area (Å²) in [6.07, 6.45) is 0.788. The molecule has 1 aliphatic rings. The predicted octanol–water partition coefficient (Wildman–Crippen LogP) is 5.10. The van der Waals surface area contributed by atoms with Crippen molar-refractivity contribution in [3.63, 3.8) is 0 Å². The minimum absolute atomic E-state index is 0.108. The van der Waals surface area contributed by atoms with E-state index in [1.165, 1.54) is 0 Å². The average Bonchev–Trinajstić information content (AvgIpc) is 3.39. The standard InChI is InChI=1S/C30H30N6O/c1-3-23(22-12-5-4-6-13-22)29(37)34-17-19-35(20-18-34)30-31-26-16-10-9-15-25(26)28-33-32-27(36(28)30)24-14-8-7-11-21(24)2/h4-16,23H,3,17-20H2,1-2H3/t23-/m0/s1. The number of benzene rings is 3. The lowest BCUT2D eigenvalue weighted by Gasteiger charge is -2.37.